The van der Waals surface area contributed by atoms with Gasteiger partial charge in [0, 0.05) is 39.0 Å². The highest BCUT2D eigenvalue weighted by atomic mass is 16.5. The highest BCUT2D eigenvalue weighted by molar-refractivity contribution is 5.03. The lowest BCUT2D eigenvalue weighted by Gasteiger charge is -2.37. The molecule has 0 bridgehead atoms. The number of nitrogens with zero attached hydrogens (tertiary/aromatic N) is 3. The molecule has 2 aliphatic rings. The number of rotatable bonds is 4. The number of hydrogen-bond donors (Lipinski definition) is 0. The predicted octanol–water partition coefficient (Wildman–Crippen LogP) is 2.79. The fourth-order valence-corrected chi connectivity index (χ4v) is 3.96. The molecule has 3 heterocycles. The Balaban J connectivity index is 1.47. The Labute approximate surface area is 140 Å². The van der Waals surface area contributed by atoms with E-state index in [4.69, 9.17) is 4.74 Å². The van der Waals surface area contributed by atoms with Crippen LogP contribution < -0.4 is 0 Å². The van der Waals surface area contributed by atoms with Gasteiger partial charge in [-0.25, -0.2) is 0 Å². The first-order valence-electron chi connectivity index (χ1n) is 9.09. The Bertz CT molecular complexity index is 477. The minimum absolute atomic E-state index is 0.0692. The topological polar surface area (TPSA) is 28.6 Å². The van der Waals surface area contributed by atoms with Crippen LogP contribution in [0.25, 0.3) is 0 Å². The number of aromatic nitrogens is 1. The van der Waals surface area contributed by atoms with Crippen molar-refractivity contribution in [3.05, 3.63) is 30.1 Å². The standard InChI is InChI=1S/C19H31N3O/c1-19(2)14-17(7-13-23-19)15-21-9-5-10-22(12-11-21)16-18-6-3-4-8-20-18/h3-4,6,8,17H,5,7,9-16H2,1-2H3/t17-/m0/s1. The van der Waals surface area contributed by atoms with Gasteiger partial charge in [0.1, 0.15) is 0 Å². The average Bonchev–Trinajstić information content (AvgIpc) is 2.73. The zero-order valence-electron chi connectivity index (χ0n) is 14.7. The van der Waals surface area contributed by atoms with Crippen molar-refractivity contribution in [3.8, 4) is 0 Å². The molecular weight excluding hydrogens is 286 g/mol. The molecule has 23 heavy (non-hydrogen) atoms. The number of pyridine rings is 1. The quantitative estimate of drug-likeness (QED) is 0.854. The molecule has 1 aromatic heterocycles. The lowest BCUT2D eigenvalue weighted by Crippen LogP contribution is -2.40. The van der Waals surface area contributed by atoms with Gasteiger partial charge >= 0.3 is 0 Å². The minimum atomic E-state index is 0.0692. The first kappa shape index (κ1) is 16.9. The average molecular weight is 317 g/mol. The molecule has 0 unspecified atom stereocenters. The van der Waals surface area contributed by atoms with Crippen LogP contribution in [0.5, 0.6) is 0 Å². The molecule has 3 rings (SSSR count). The lowest BCUT2D eigenvalue weighted by molar-refractivity contribution is -0.0766. The molecular formula is C19H31N3O. The number of hydrogen-bond acceptors (Lipinski definition) is 4. The van der Waals surface area contributed by atoms with E-state index >= 15 is 0 Å². The smallest absolute Gasteiger partial charge is 0.0629 e. The molecule has 128 valence electrons. The van der Waals surface area contributed by atoms with E-state index in [-0.39, 0.29) is 5.60 Å². The maximum atomic E-state index is 5.86. The fourth-order valence-electron chi connectivity index (χ4n) is 3.96. The van der Waals surface area contributed by atoms with Crippen molar-refractivity contribution in [1.29, 1.82) is 0 Å². The van der Waals surface area contributed by atoms with Gasteiger partial charge in [-0.15, -0.1) is 0 Å². The third-order valence-corrected chi connectivity index (χ3v) is 5.11. The normalized spacial score (nSPS) is 26.8. The zero-order chi connectivity index (χ0) is 16.1. The van der Waals surface area contributed by atoms with Crippen LogP contribution >= 0.6 is 0 Å². The Morgan fingerprint density at radius 1 is 1.17 bits per heavy atom. The van der Waals surface area contributed by atoms with Crippen LogP contribution in [-0.4, -0.2) is 59.7 Å². The molecule has 0 N–H and O–H groups in total. The predicted molar refractivity (Wildman–Crippen MR) is 93.3 cm³/mol. The molecule has 2 fully saturated rings. The Morgan fingerprint density at radius 2 is 2.00 bits per heavy atom. The van der Waals surface area contributed by atoms with E-state index in [1.54, 1.807) is 0 Å². The third-order valence-electron chi connectivity index (χ3n) is 5.11. The molecule has 0 aliphatic carbocycles. The van der Waals surface area contributed by atoms with E-state index in [9.17, 15) is 0 Å². The van der Waals surface area contributed by atoms with Crippen molar-refractivity contribution in [2.75, 3.05) is 39.3 Å². The van der Waals surface area contributed by atoms with Crippen molar-refractivity contribution in [3.63, 3.8) is 0 Å². The van der Waals surface area contributed by atoms with E-state index in [0.717, 1.165) is 25.6 Å². The molecule has 0 amide bonds. The first-order valence-corrected chi connectivity index (χ1v) is 9.09. The second kappa shape index (κ2) is 7.73. The lowest BCUT2D eigenvalue weighted by atomic mass is 9.88. The zero-order valence-corrected chi connectivity index (χ0v) is 14.7. The summed E-state index contributed by atoms with van der Waals surface area (Å²) < 4.78 is 5.86. The van der Waals surface area contributed by atoms with Crippen molar-refractivity contribution in [2.45, 2.75) is 45.3 Å². The van der Waals surface area contributed by atoms with E-state index in [0.29, 0.717) is 0 Å². The summed E-state index contributed by atoms with van der Waals surface area (Å²) in [5, 5.41) is 0. The number of ether oxygens (including phenoxy) is 1. The molecule has 0 radical (unpaired) electrons. The fraction of sp³-hybridized carbons (Fsp3) is 0.737. The molecule has 4 nitrogen and oxygen atoms in total. The van der Waals surface area contributed by atoms with Crippen LogP contribution in [0.2, 0.25) is 0 Å². The summed E-state index contributed by atoms with van der Waals surface area (Å²) in [5.41, 5.74) is 1.26. The summed E-state index contributed by atoms with van der Waals surface area (Å²) in [5.74, 6) is 0.793. The Hall–Kier alpha value is -0.970. The Kier molecular flexibility index (Phi) is 5.67. The van der Waals surface area contributed by atoms with E-state index in [2.05, 4.69) is 40.8 Å². The molecule has 1 aromatic rings. The van der Waals surface area contributed by atoms with Crippen molar-refractivity contribution < 1.29 is 4.74 Å². The maximum absolute atomic E-state index is 5.86. The molecule has 0 spiro atoms. The summed E-state index contributed by atoms with van der Waals surface area (Å²) in [7, 11) is 0. The summed E-state index contributed by atoms with van der Waals surface area (Å²) in [6, 6.07) is 6.20. The SMILES string of the molecule is CC1(C)C[C@@H](CN2CCCN(Cc3ccccn3)CC2)CCO1. The van der Waals surface area contributed by atoms with Gasteiger partial charge in [0.25, 0.3) is 0 Å². The first-order chi connectivity index (χ1) is 11.1. The van der Waals surface area contributed by atoms with Crippen LogP contribution in [-0.2, 0) is 11.3 Å². The van der Waals surface area contributed by atoms with Gasteiger partial charge in [0.2, 0.25) is 0 Å². The maximum Gasteiger partial charge on any atom is 0.0629 e. The van der Waals surface area contributed by atoms with Crippen LogP contribution in [0.3, 0.4) is 0 Å². The monoisotopic (exact) mass is 317 g/mol. The van der Waals surface area contributed by atoms with Crippen LogP contribution in [0.1, 0.15) is 38.8 Å². The molecule has 2 saturated heterocycles. The van der Waals surface area contributed by atoms with E-state index in [1.807, 2.05) is 12.3 Å². The van der Waals surface area contributed by atoms with Crippen LogP contribution in [0.4, 0.5) is 0 Å². The second-order valence-electron chi connectivity index (χ2n) is 7.72. The highest BCUT2D eigenvalue weighted by Crippen LogP contribution is 2.29. The van der Waals surface area contributed by atoms with Gasteiger partial charge in [-0.05, 0) is 64.3 Å². The van der Waals surface area contributed by atoms with Crippen LogP contribution in [0.15, 0.2) is 24.4 Å². The van der Waals surface area contributed by atoms with Crippen LogP contribution in [0, 0.1) is 5.92 Å². The van der Waals surface area contributed by atoms with Gasteiger partial charge in [-0.2, -0.15) is 0 Å². The minimum Gasteiger partial charge on any atom is -0.376 e. The van der Waals surface area contributed by atoms with Gasteiger partial charge in [0.15, 0.2) is 0 Å². The van der Waals surface area contributed by atoms with Gasteiger partial charge in [0.05, 0.1) is 11.3 Å². The third kappa shape index (κ3) is 5.27. The van der Waals surface area contributed by atoms with Crippen molar-refractivity contribution in [1.82, 2.24) is 14.8 Å². The Morgan fingerprint density at radius 3 is 2.78 bits per heavy atom. The highest BCUT2D eigenvalue weighted by Gasteiger charge is 2.30. The van der Waals surface area contributed by atoms with E-state index < -0.39 is 0 Å². The van der Waals surface area contributed by atoms with Gasteiger partial charge in [-0.1, -0.05) is 6.07 Å². The largest absolute Gasteiger partial charge is 0.376 e. The summed E-state index contributed by atoms with van der Waals surface area (Å²) in [6.07, 6.45) is 5.57. The van der Waals surface area contributed by atoms with Gasteiger partial charge < -0.3 is 9.64 Å². The second-order valence-corrected chi connectivity index (χ2v) is 7.72. The molecule has 1 atom stereocenters. The summed E-state index contributed by atoms with van der Waals surface area (Å²) >= 11 is 0. The van der Waals surface area contributed by atoms with Gasteiger partial charge in [-0.3, -0.25) is 9.88 Å². The van der Waals surface area contributed by atoms with E-state index in [1.165, 1.54) is 51.1 Å². The molecule has 2 aliphatic heterocycles. The summed E-state index contributed by atoms with van der Waals surface area (Å²) in [4.78, 5) is 9.69. The van der Waals surface area contributed by atoms with Crippen molar-refractivity contribution in [2.24, 2.45) is 5.92 Å². The molecule has 0 saturated carbocycles. The molecule has 4 heteroatoms. The summed E-state index contributed by atoms with van der Waals surface area (Å²) in [6.45, 7) is 12.4. The molecule has 0 aromatic carbocycles. The van der Waals surface area contributed by atoms with Crippen molar-refractivity contribution >= 4 is 0 Å².